The van der Waals surface area contributed by atoms with E-state index in [0.717, 1.165) is 21.7 Å². The molecular formula is C25H19N3O2S. The second-order valence-corrected chi connectivity index (χ2v) is 8.38. The fraction of sp³-hybridized carbons (Fsp3) is 0.0800. The first-order valence-electron chi connectivity index (χ1n) is 9.89. The van der Waals surface area contributed by atoms with Crippen molar-refractivity contribution in [1.82, 2.24) is 10.1 Å². The van der Waals surface area contributed by atoms with E-state index >= 15 is 0 Å². The van der Waals surface area contributed by atoms with Crippen LogP contribution in [0.1, 0.15) is 21.7 Å². The Morgan fingerprint density at radius 1 is 0.935 bits per heavy atom. The van der Waals surface area contributed by atoms with Crippen molar-refractivity contribution in [2.75, 3.05) is 5.32 Å². The Morgan fingerprint density at radius 2 is 1.71 bits per heavy atom. The van der Waals surface area contributed by atoms with Crippen molar-refractivity contribution in [3.8, 4) is 21.8 Å². The Labute approximate surface area is 183 Å². The first-order chi connectivity index (χ1) is 15.1. The van der Waals surface area contributed by atoms with Crippen molar-refractivity contribution in [3.63, 3.8) is 0 Å². The number of nitrogens with one attached hydrogen (secondary N) is 1. The lowest BCUT2D eigenvalue weighted by molar-refractivity contribution is 0.102. The van der Waals surface area contributed by atoms with Gasteiger partial charge in [0.05, 0.1) is 10.2 Å². The summed E-state index contributed by atoms with van der Waals surface area (Å²) in [5.41, 5.74) is 5.76. The summed E-state index contributed by atoms with van der Waals surface area (Å²) in [4.78, 5) is 17.7. The topological polar surface area (TPSA) is 68.0 Å². The highest BCUT2D eigenvalue weighted by molar-refractivity contribution is 7.21. The number of anilines is 1. The van der Waals surface area contributed by atoms with E-state index in [-0.39, 0.29) is 5.91 Å². The fourth-order valence-electron chi connectivity index (χ4n) is 3.48. The minimum Gasteiger partial charge on any atom is -0.360 e. The quantitative estimate of drug-likeness (QED) is 0.357. The third kappa shape index (κ3) is 3.73. The molecule has 152 valence electrons. The number of hydrogen-bond donors (Lipinski definition) is 1. The zero-order valence-electron chi connectivity index (χ0n) is 17.0. The molecule has 0 spiro atoms. The second-order valence-electron chi connectivity index (χ2n) is 7.35. The normalized spacial score (nSPS) is 11.0. The highest BCUT2D eigenvalue weighted by Crippen LogP contribution is 2.32. The molecule has 1 amide bonds. The zero-order valence-corrected chi connectivity index (χ0v) is 17.9. The summed E-state index contributed by atoms with van der Waals surface area (Å²) in [6, 6.07) is 23.5. The number of benzene rings is 3. The highest BCUT2D eigenvalue weighted by Gasteiger charge is 2.21. The predicted octanol–water partition coefficient (Wildman–Crippen LogP) is 6.49. The van der Waals surface area contributed by atoms with Gasteiger partial charge in [-0.1, -0.05) is 41.6 Å². The van der Waals surface area contributed by atoms with Gasteiger partial charge in [0.1, 0.15) is 22.0 Å². The molecule has 0 aliphatic heterocycles. The van der Waals surface area contributed by atoms with Crippen LogP contribution in [0.15, 0.2) is 77.3 Å². The molecule has 1 N–H and O–H groups in total. The van der Waals surface area contributed by atoms with Crippen molar-refractivity contribution in [3.05, 3.63) is 89.7 Å². The lowest BCUT2D eigenvalue weighted by atomic mass is 10.1. The summed E-state index contributed by atoms with van der Waals surface area (Å²) >= 11 is 1.66. The van der Waals surface area contributed by atoms with Crippen LogP contribution in [-0.4, -0.2) is 16.0 Å². The number of nitrogens with zero attached hydrogens (tertiary/aromatic N) is 2. The summed E-state index contributed by atoms with van der Waals surface area (Å²) in [6.45, 7) is 3.82. The van der Waals surface area contributed by atoms with Crippen molar-refractivity contribution < 1.29 is 9.32 Å². The maximum Gasteiger partial charge on any atom is 0.261 e. The molecular weight excluding hydrogens is 406 g/mol. The number of hydrogen-bond acceptors (Lipinski definition) is 5. The molecule has 0 saturated carbocycles. The van der Waals surface area contributed by atoms with Crippen LogP contribution in [0.2, 0.25) is 0 Å². The third-order valence-electron chi connectivity index (χ3n) is 5.07. The first-order valence-corrected chi connectivity index (χ1v) is 10.7. The number of amides is 1. The minimum absolute atomic E-state index is 0.249. The summed E-state index contributed by atoms with van der Waals surface area (Å²) in [6.07, 6.45) is 0. The van der Waals surface area contributed by atoms with Crippen LogP contribution in [-0.2, 0) is 0 Å². The number of aryl methyl sites for hydroxylation is 2. The molecule has 0 aliphatic carbocycles. The SMILES string of the molecule is Cc1ccc2nc(-c3ccc(NC(=O)c4c(-c5ccccc5)noc4C)cc3)sc2c1. The van der Waals surface area contributed by atoms with Crippen LogP contribution in [0.3, 0.4) is 0 Å². The summed E-state index contributed by atoms with van der Waals surface area (Å²) in [5, 5.41) is 8.00. The largest absolute Gasteiger partial charge is 0.360 e. The van der Waals surface area contributed by atoms with Gasteiger partial charge in [0, 0.05) is 16.8 Å². The molecule has 0 fully saturated rings. The molecule has 0 bridgehead atoms. The lowest BCUT2D eigenvalue weighted by Crippen LogP contribution is -2.13. The maximum atomic E-state index is 13.0. The van der Waals surface area contributed by atoms with Crippen LogP contribution in [0.4, 0.5) is 5.69 Å². The van der Waals surface area contributed by atoms with E-state index in [2.05, 4.69) is 29.5 Å². The number of rotatable bonds is 4. The van der Waals surface area contributed by atoms with E-state index < -0.39 is 0 Å². The van der Waals surface area contributed by atoms with Gasteiger partial charge in [-0.15, -0.1) is 11.3 Å². The van der Waals surface area contributed by atoms with Crippen molar-refractivity contribution in [2.24, 2.45) is 0 Å². The molecule has 3 aromatic carbocycles. The molecule has 5 aromatic rings. The second kappa shape index (κ2) is 7.81. The Balaban J connectivity index is 1.39. The van der Waals surface area contributed by atoms with Gasteiger partial charge in [0.2, 0.25) is 0 Å². The van der Waals surface area contributed by atoms with Gasteiger partial charge in [-0.3, -0.25) is 4.79 Å². The molecule has 5 nitrogen and oxygen atoms in total. The van der Waals surface area contributed by atoms with Crippen LogP contribution in [0, 0.1) is 13.8 Å². The summed E-state index contributed by atoms with van der Waals surface area (Å²) in [7, 11) is 0. The van der Waals surface area contributed by atoms with E-state index in [1.54, 1.807) is 18.3 Å². The number of carbonyl (C=O) groups is 1. The Bertz CT molecular complexity index is 1390. The van der Waals surface area contributed by atoms with Gasteiger partial charge >= 0.3 is 0 Å². The van der Waals surface area contributed by atoms with Gasteiger partial charge in [-0.2, -0.15) is 0 Å². The van der Waals surface area contributed by atoms with Gasteiger partial charge in [0.15, 0.2) is 0 Å². The maximum absolute atomic E-state index is 13.0. The molecule has 6 heteroatoms. The van der Waals surface area contributed by atoms with Crippen LogP contribution in [0.5, 0.6) is 0 Å². The van der Waals surface area contributed by atoms with E-state index in [0.29, 0.717) is 22.7 Å². The minimum atomic E-state index is -0.249. The number of aromatic nitrogens is 2. The van der Waals surface area contributed by atoms with Crippen molar-refractivity contribution in [1.29, 1.82) is 0 Å². The molecule has 2 heterocycles. The first kappa shape index (κ1) is 19.2. The number of thiazole rings is 1. The monoisotopic (exact) mass is 425 g/mol. The molecule has 31 heavy (non-hydrogen) atoms. The van der Waals surface area contributed by atoms with E-state index in [9.17, 15) is 4.79 Å². The standard InChI is InChI=1S/C25H19N3O2S/c1-15-8-13-20-21(14-15)31-25(27-20)18-9-11-19(12-10-18)26-24(29)22-16(2)30-28-23(22)17-6-4-3-5-7-17/h3-14H,1-2H3,(H,26,29). The van der Waals surface area contributed by atoms with Gasteiger partial charge in [-0.05, 0) is 55.8 Å². The molecule has 0 aliphatic rings. The van der Waals surface area contributed by atoms with Crippen molar-refractivity contribution >= 4 is 33.1 Å². The molecule has 0 atom stereocenters. The van der Waals surface area contributed by atoms with Crippen molar-refractivity contribution in [2.45, 2.75) is 13.8 Å². The average Bonchev–Trinajstić information content (AvgIpc) is 3.38. The Morgan fingerprint density at radius 3 is 2.48 bits per heavy atom. The van der Waals surface area contributed by atoms with Crippen LogP contribution >= 0.6 is 11.3 Å². The average molecular weight is 426 g/mol. The predicted molar refractivity (Wildman–Crippen MR) is 124 cm³/mol. The van der Waals surface area contributed by atoms with Gasteiger partial charge in [-0.25, -0.2) is 4.98 Å². The number of carbonyl (C=O) groups excluding carboxylic acids is 1. The Kier molecular flexibility index (Phi) is 4.84. The van der Waals surface area contributed by atoms with Crippen LogP contribution in [0.25, 0.3) is 32.0 Å². The summed E-state index contributed by atoms with van der Waals surface area (Å²) in [5.74, 6) is 0.235. The summed E-state index contributed by atoms with van der Waals surface area (Å²) < 4.78 is 6.48. The van der Waals surface area contributed by atoms with Gasteiger partial charge in [0.25, 0.3) is 5.91 Å². The molecule has 2 aromatic heterocycles. The molecule has 5 rings (SSSR count). The fourth-order valence-corrected chi connectivity index (χ4v) is 4.55. The van der Waals surface area contributed by atoms with E-state index in [1.807, 2.05) is 60.7 Å². The van der Waals surface area contributed by atoms with Gasteiger partial charge < -0.3 is 9.84 Å². The molecule has 0 radical (unpaired) electrons. The third-order valence-corrected chi connectivity index (χ3v) is 6.14. The zero-order chi connectivity index (χ0) is 21.4. The highest BCUT2D eigenvalue weighted by atomic mass is 32.1. The Hall–Kier alpha value is -3.77. The molecule has 0 unspecified atom stereocenters. The van der Waals surface area contributed by atoms with Crippen LogP contribution < -0.4 is 5.32 Å². The lowest BCUT2D eigenvalue weighted by Gasteiger charge is -2.06. The smallest absolute Gasteiger partial charge is 0.261 e. The molecule has 0 saturated heterocycles. The van der Waals surface area contributed by atoms with E-state index in [1.165, 1.54) is 10.3 Å². The van der Waals surface area contributed by atoms with E-state index in [4.69, 9.17) is 9.51 Å². The number of fused-ring (bicyclic) bond motifs is 1.